The molecule has 0 bridgehead atoms. The highest BCUT2D eigenvalue weighted by molar-refractivity contribution is 6.30. The van der Waals surface area contributed by atoms with Crippen LogP contribution in [0.2, 0.25) is 5.02 Å². The second kappa shape index (κ2) is 9.45. The van der Waals surface area contributed by atoms with Crippen LogP contribution >= 0.6 is 11.6 Å². The number of halogens is 1. The molecule has 0 spiro atoms. The third-order valence-electron chi connectivity index (χ3n) is 5.34. The summed E-state index contributed by atoms with van der Waals surface area (Å²) in [5.74, 6) is -0.186. The van der Waals surface area contributed by atoms with Crippen molar-refractivity contribution in [1.29, 1.82) is 0 Å². The van der Waals surface area contributed by atoms with Gasteiger partial charge in [0.1, 0.15) is 0 Å². The predicted molar refractivity (Wildman–Crippen MR) is 122 cm³/mol. The van der Waals surface area contributed by atoms with E-state index in [1.165, 1.54) is 0 Å². The SMILES string of the molecule is CC(C)CC(CO)n1ccc2c(NC(=O)[C@H](C)c3ccc(Cl)cc3)cccc2c1=O. The molecule has 1 amide bonds. The molecule has 0 aliphatic carbocycles. The Morgan fingerprint density at radius 2 is 1.77 bits per heavy atom. The van der Waals surface area contributed by atoms with Crippen molar-refractivity contribution >= 4 is 34.0 Å². The maximum absolute atomic E-state index is 13.1. The Hall–Kier alpha value is -2.63. The second-order valence-electron chi connectivity index (χ2n) is 8.02. The van der Waals surface area contributed by atoms with E-state index >= 15 is 0 Å². The molecule has 158 valence electrons. The van der Waals surface area contributed by atoms with Crippen LogP contribution in [0.3, 0.4) is 0 Å². The van der Waals surface area contributed by atoms with Crippen LogP contribution in [-0.2, 0) is 4.79 Å². The molecule has 0 fully saturated rings. The fraction of sp³-hybridized carbons (Fsp3) is 0.333. The molecular weight excluding hydrogens is 400 g/mol. The highest BCUT2D eigenvalue weighted by Gasteiger charge is 2.18. The Morgan fingerprint density at radius 3 is 2.40 bits per heavy atom. The number of hydrogen-bond donors (Lipinski definition) is 2. The van der Waals surface area contributed by atoms with Gasteiger partial charge in [-0.1, -0.05) is 43.6 Å². The van der Waals surface area contributed by atoms with Gasteiger partial charge >= 0.3 is 0 Å². The third kappa shape index (κ3) is 4.74. The van der Waals surface area contributed by atoms with Crippen LogP contribution in [-0.4, -0.2) is 22.2 Å². The van der Waals surface area contributed by atoms with E-state index < -0.39 is 0 Å². The van der Waals surface area contributed by atoms with Crippen LogP contribution in [0.1, 0.15) is 44.7 Å². The molecule has 0 saturated heterocycles. The van der Waals surface area contributed by atoms with Crippen molar-refractivity contribution in [2.24, 2.45) is 5.92 Å². The Morgan fingerprint density at radius 1 is 1.07 bits per heavy atom. The molecule has 0 radical (unpaired) electrons. The van der Waals surface area contributed by atoms with Crippen molar-refractivity contribution in [2.45, 2.75) is 39.2 Å². The molecule has 1 aromatic heterocycles. The van der Waals surface area contributed by atoms with Crippen molar-refractivity contribution in [2.75, 3.05) is 11.9 Å². The molecule has 3 rings (SSSR count). The summed E-state index contributed by atoms with van der Waals surface area (Å²) >= 11 is 5.93. The van der Waals surface area contributed by atoms with E-state index in [2.05, 4.69) is 19.2 Å². The van der Waals surface area contributed by atoms with Crippen molar-refractivity contribution in [1.82, 2.24) is 4.57 Å². The lowest BCUT2D eigenvalue weighted by Gasteiger charge is -2.20. The number of anilines is 1. The number of aliphatic hydroxyl groups is 1. The van der Waals surface area contributed by atoms with Crippen LogP contribution < -0.4 is 10.9 Å². The van der Waals surface area contributed by atoms with E-state index in [0.717, 1.165) is 5.56 Å². The van der Waals surface area contributed by atoms with Gasteiger partial charge in [-0.05, 0) is 55.2 Å². The van der Waals surface area contributed by atoms with Gasteiger partial charge in [0.2, 0.25) is 5.91 Å². The summed E-state index contributed by atoms with van der Waals surface area (Å²) < 4.78 is 1.59. The van der Waals surface area contributed by atoms with Crippen molar-refractivity contribution in [3.8, 4) is 0 Å². The van der Waals surface area contributed by atoms with E-state index in [1.54, 1.807) is 41.1 Å². The van der Waals surface area contributed by atoms with E-state index in [1.807, 2.05) is 25.1 Å². The smallest absolute Gasteiger partial charge is 0.258 e. The summed E-state index contributed by atoms with van der Waals surface area (Å²) in [5, 5.41) is 14.5. The van der Waals surface area contributed by atoms with E-state index in [9.17, 15) is 14.7 Å². The molecule has 2 aromatic carbocycles. The quantitative estimate of drug-likeness (QED) is 0.559. The van der Waals surface area contributed by atoms with Gasteiger partial charge in [-0.2, -0.15) is 0 Å². The summed E-state index contributed by atoms with van der Waals surface area (Å²) in [7, 11) is 0. The first-order valence-electron chi connectivity index (χ1n) is 10.1. The number of nitrogens with one attached hydrogen (secondary N) is 1. The average molecular weight is 427 g/mol. The molecule has 0 saturated carbocycles. The number of carbonyl (C=O) groups excluding carboxylic acids is 1. The second-order valence-corrected chi connectivity index (χ2v) is 8.46. The molecule has 2 N–H and O–H groups in total. The summed E-state index contributed by atoms with van der Waals surface area (Å²) in [6.45, 7) is 5.85. The monoisotopic (exact) mass is 426 g/mol. The standard InChI is InChI=1S/C24H27ClN2O3/c1-15(2)13-19(14-28)27-12-11-20-21(24(27)30)5-4-6-22(20)26-23(29)16(3)17-7-9-18(25)10-8-17/h4-12,15-16,19,28H,13-14H2,1-3H3,(H,26,29)/t16-,19?/m1/s1. The zero-order valence-corrected chi connectivity index (χ0v) is 18.2. The van der Waals surface area contributed by atoms with Crippen LogP contribution in [0.5, 0.6) is 0 Å². The zero-order chi connectivity index (χ0) is 21.8. The van der Waals surface area contributed by atoms with E-state index in [0.29, 0.717) is 33.8 Å². The normalized spacial score (nSPS) is 13.4. The fourth-order valence-electron chi connectivity index (χ4n) is 3.65. The van der Waals surface area contributed by atoms with Crippen LogP contribution in [0.4, 0.5) is 5.69 Å². The Balaban J connectivity index is 1.92. The van der Waals surface area contributed by atoms with Crippen LogP contribution in [0.25, 0.3) is 10.8 Å². The first-order valence-corrected chi connectivity index (χ1v) is 10.5. The molecule has 1 unspecified atom stereocenters. The third-order valence-corrected chi connectivity index (χ3v) is 5.59. The van der Waals surface area contributed by atoms with Crippen LogP contribution in [0.15, 0.2) is 59.5 Å². The van der Waals surface area contributed by atoms with Crippen molar-refractivity contribution < 1.29 is 9.90 Å². The topological polar surface area (TPSA) is 71.3 Å². The number of amides is 1. The van der Waals surface area contributed by atoms with Crippen LogP contribution in [0, 0.1) is 5.92 Å². The maximum atomic E-state index is 13.1. The highest BCUT2D eigenvalue weighted by Crippen LogP contribution is 2.25. The van der Waals surface area contributed by atoms with Gasteiger partial charge < -0.3 is 15.0 Å². The minimum atomic E-state index is -0.372. The molecule has 2 atom stereocenters. The van der Waals surface area contributed by atoms with E-state index in [-0.39, 0.29) is 30.0 Å². The Kier molecular flexibility index (Phi) is 6.95. The number of pyridine rings is 1. The van der Waals surface area contributed by atoms with Gasteiger partial charge in [-0.25, -0.2) is 0 Å². The molecule has 0 aliphatic rings. The highest BCUT2D eigenvalue weighted by atomic mass is 35.5. The van der Waals surface area contributed by atoms with Crippen molar-refractivity contribution in [3.05, 3.63) is 75.7 Å². The number of carbonyl (C=O) groups is 1. The molecular formula is C24H27ClN2O3. The number of benzene rings is 2. The lowest BCUT2D eigenvalue weighted by atomic mass is 10.00. The molecule has 3 aromatic rings. The lowest BCUT2D eigenvalue weighted by molar-refractivity contribution is -0.117. The first-order chi connectivity index (χ1) is 14.3. The fourth-order valence-corrected chi connectivity index (χ4v) is 3.78. The predicted octanol–water partition coefficient (Wildman–Crippen LogP) is 4.98. The summed E-state index contributed by atoms with van der Waals surface area (Å²) in [6, 6.07) is 14.0. The summed E-state index contributed by atoms with van der Waals surface area (Å²) in [6.07, 6.45) is 2.41. The largest absolute Gasteiger partial charge is 0.394 e. The number of rotatable bonds is 7. The number of aliphatic hydroxyl groups excluding tert-OH is 1. The van der Waals surface area contributed by atoms with Gasteiger partial charge in [-0.3, -0.25) is 9.59 Å². The molecule has 6 heteroatoms. The molecule has 5 nitrogen and oxygen atoms in total. The molecule has 1 heterocycles. The molecule has 30 heavy (non-hydrogen) atoms. The minimum Gasteiger partial charge on any atom is -0.394 e. The lowest BCUT2D eigenvalue weighted by Crippen LogP contribution is -2.28. The molecule has 0 aliphatic heterocycles. The summed E-state index contributed by atoms with van der Waals surface area (Å²) in [5.41, 5.74) is 1.28. The zero-order valence-electron chi connectivity index (χ0n) is 17.4. The Bertz CT molecular complexity index is 1090. The number of aromatic nitrogens is 1. The maximum Gasteiger partial charge on any atom is 0.258 e. The number of fused-ring (bicyclic) bond motifs is 1. The average Bonchev–Trinajstić information content (AvgIpc) is 2.73. The van der Waals surface area contributed by atoms with Gasteiger partial charge in [0, 0.05) is 27.7 Å². The van der Waals surface area contributed by atoms with E-state index in [4.69, 9.17) is 11.6 Å². The van der Waals surface area contributed by atoms with Gasteiger partial charge in [0.05, 0.1) is 18.6 Å². The Labute approximate surface area is 181 Å². The van der Waals surface area contributed by atoms with Crippen molar-refractivity contribution in [3.63, 3.8) is 0 Å². The number of nitrogens with zero attached hydrogens (tertiary/aromatic N) is 1. The van der Waals surface area contributed by atoms with Gasteiger partial charge in [0.25, 0.3) is 5.56 Å². The number of hydrogen-bond acceptors (Lipinski definition) is 3. The first kappa shape index (κ1) is 22.1. The van der Waals surface area contributed by atoms with Gasteiger partial charge in [0.15, 0.2) is 0 Å². The van der Waals surface area contributed by atoms with Gasteiger partial charge in [-0.15, -0.1) is 0 Å². The minimum absolute atomic E-state index is 0.0986. The summed E-state index contributed by atoms with van der Waals surface area (Å²) in [4.78, 5) is 25.9.